The number of rotatable bonds is 2. The standard InChI is InChI=1S/C19H29N/c1-18(2,3)20-13-19(4,5)12-17(20)16-9-7-6-8-15(16)14-10-11-14/h6-9,14,17H,10-13H2,1-5H3. The molecule has 0 radical (unpaired) electrons. The van der Waals surface area contributed by atoms with Gasteiger partial charge in [-0.2, -0.15) is 0 Å². The van der Waals surface area contributed by atoms with Crippen LogP contribution in [0.1, 0.15) is 77.0 Å². The molecule has 1 aromatic rings. The molecule has 0 N–H and O–H groups in total. The minimum Gasteiger partial charge on any atom is -0.291 e. The maximum atomic E-state index is 2.73. The third-order valence-corrected chi connectivity index (χ3v) is 4.95. The van der Waals surface area contributed by atoms with Crippen molar-refractivity contribution in [3.63, 3.8) is 0 Å². The molecular weight excluding hydrogens is 242 g/mol. The minimum absolute atomic E-state index is 0.245. The molecule has 0 amide bonds. The molecule has 1 heterocycles. The van der Waals surface area contributed by atoms with E-state index in [0.717, 1.165) is 5.92 Å². The zero-order chi connectivity index (χ0) is 14.5. The van der Waals surface area contributed by atoms with Gasteiger partial charge in [0, 0.05) is 18.1 Å². The van der Waals surface area contributed by atoms with Gasteiger partial charge in [-0.15, -0.1) is 0 Å². The van der Waals surface area contributed by atoms with E-state index in [1.165, 1.54) is 25.8 Å². The summed E-state index contributed by atoms with van der Waals surface area (Å²) in [5.74, 6) is 0.844. The van der Waals surface area contributed by atoms with E-state index in [2.05, 4.69) is 63.8 Å². The van der Waals surface area contributed by atoms with Crippen molar-refractivity contribution in [3.8, 4) is 0 Å². The van der Waals surface area contributed by atoms with Gasteiger partial charge in [-0.05, 0) is 62.5 Å². The molecule has 2 aliphatic rings. The lowest BCUT2D eigenvalue weighted by Gasteiger charge is -2.38. The van der Waals surface area contributed by atoms with E-state index in [1.54, 1.807) is 11.1 Å². The van der Waals surface area contributed by atoms with Crippen LogP contribution < -0.4 is 0 Å². The molecule has 1 unspecified atom stereocenters. The highest BCUT2D eigenvalue weighted by atomic mass is 15.2. The van der Waals surface area contributed by atoms with Crippen molar-refractivity contribution in [2.45, 2.75) is 71.4 Å². The Morgan fingerprint density at radius 2 is 1.65 bits per heavy atom. The quantitative estimate of drug-likeness (QED) is 0.720. The molecule has 1 heteroatoms. The molecule has 1 aromatic carbocycles. The summed E-state index contributed by atoms with van der Waals surface area (Å²) in [5, 5.41) is 0. The molecule has 1 aliphatic heterocycles. The van der Waals surface area contributed by atoms with Gasteiger partial charge in [0.05, 0.1) is 0 Å². The Morgan fingerprint density at radius 1 is 1.05 bits per heavy atom. The van der Waals surface area contributed by atoms with Crippen molar-refractivity contribution < 1.29 is 0 Å². The van der Waals surface area contributed by atoms with Gasteiger partial charge in [0.15, 0.2) is 0 Å². The zero-order valence-electron chi connectivity index (χ0n) is 13.7. The van der Waals surface area contributed by atoms with Gasteiger partial charge < -0.3 is 0 Å². The molecule has 1 saturated carbocycles. The van der Waals surface area contributed by atoms with Crippen LogP contribution in [-0.2, 0) is 0 Å². The number of nitrogens with zero attached hydrogens (tertiary/aromatic N) is 1. The van der Waals surface area contributed by atoms with Crippen LogP contribution >= 0.6 is 0 Å². The van der Waals surface area contributed by atoms with Crippen molar-refractivity contribution in [3.05, 3.63) is 35.4 Å². The van der Waals surface area contributed by atoms with Crippen LogP contribution in [-0.4, -0.2) is 17.0 Å². The second-order valence-electron chi connectivity index (χ2n) is 8.59. The predicted octanol–water partition coefficient (Wildman–Crippen LogP) is 5.14. The number of hydrogen-bond donors (Lipinski definition) is 0. The number of benzene rings is 1. The Balaban J connectivity index is 1.99. The molecule has 0 bridgehead atoms. The summed E-state index contributed by atoms with van der Waals surface area (Å²) in [6.45, 7) is 13.1. The van der Waals surface area contributed by atoms with Crippen molar-refractivity contribution in [1.29, 1.82) is 0 Å². The summed E-state index contributed by atoms with van der Waals surface area (Å²) in [6.07, 6.45) is 4.07. The Labute approximate surface area is 124 Å². The fourth-order valence-corrected chi connectivity index (χ4v) is 3.83. The smallest absolute Gasteiger partial charge is 0.0361 e. The summed E-state index contributed by atoms with van der Waals surface area (Å²) in [7, 11) is 0. The Hall–Kier alpha value is -0.820. The molecule has 0 aromatic heterocycles. The van der Waals surface area contributed by atoms with E-state index in [4.69, 9.17) is 0 Å². The van der Waals surface area contributed by atoms with E-state index >= 15 is 0 Å². The van der Waals surface area contributed by atoms with E-state index < -0.39 is 0 Å². The molecule has 110 valence electrons. The largest absolute Gasteiger partial charge is 0.291 e. The van der Waals surface area contributed by atoms with Crippen LogP contribution in [0.3, 0.4) is 0 Å². The molecule has 0 spiro atoms. The van der Waals surface area contributed by atoms with Gasteiger partial charge in [0.25, 0.3) is 0 Å². The van der Waals surface area contributed by atoms with Gasteiger partial charge in [-0.1, -0.05) is 38.1 Å². The van der Waals surface area contributed by atoms with Gasteiger partial charge in [-0.3, -0.25) is 4.90 Å². The monoisotopic (exact) mass is 271 g/mol. The summed E-state index contributed by atoms with van der Waals surface area (Å²) >= 11 is 0. The Kier molecular flexibility index (Phi) is 3.25. The van der Waals surface area contributed by atoms with Crippen molar-refractivity contribution in [1.82, 2.24) is 4.90 Å². The average molecular weight is 271 g/mol. The summed E-state index contributed by atoms with van der Waals surface area (Å²) in [4.78, 5) is 2.73. The number of likely N-dealkylation sites (tertiary alicyclic amines) is 1. The van der Waals surface area contributed by atoms with Crippen LogP contribution in [0.2, 0.25) is 0 Å². The summed E-state index contributed by atoms with van der Waals surface area (Å²) in [5.41, 5.74) is 3.91. The van der Waals surface area contributed by atoms with Crippen molar-refractivity contribution in [2.24, 2.45) is 5.41 Å². The van der Waals surface area contributed by atoms with Gasteiger partial charge >= 0.3 is 0 Å². The topological polar surface area (TPSA) is 3.24 Å². The van der Waals surface area contributed by atoms with Crippen LogP contribution in [0.25, 0.3) is 0 Å². The molecule has 2 fully saturated rings. The maximum absolute atomic E-state index is 2.73. The molecule has 3 rings (SSSR count). The Morgan fingerprint density at radius 3 is 2.20 bits per heavy atom. The first kappa shape index (κ1) is 14.1. The predicted molar refractivity (Wildman–Crippen MR) is 86.0 cm³/mol. The van der Waals surface area contributed by atoms with Crippen molar-refractivity contribution in [2.75, 3.05) is 6.54 Å². The molecule has 1 atom stereocenters. The lowest BCUT2D eigenvalue weighted by atomic mass is 9.86. The van der Waals surface area contributed by atoms with Crippen LogP contribution in [0.15, 0.2) is 24.3 Å². The van der Waals surface area contributed by atoms with E-state index in [1.807, 2.05) is 0 Å². The fraction of sp³-hybridized carbons (Fsp3) is 0.684. The highest BCUT2D eigenvalue weighted by molar-refractivity contribution is 5.36. The third kappa shape index (κ3) is 2.65. The van der Waals surface area contributed by atoms with Crippen LogP contribution in [0, 0.1) is 5.41 Å². The summed E-state index contributed by atoms with van der Waals surface area (Å²) in [6, 6.07) is 9.81. The van der Waals surface area contributed by atoms with Gasteiger partial charge in [-0.25, -0.2) is 0 Å². The van der Waals surface area contributed by atoms with E-state index in [0.29, 0.717) is 11.5 Å². The second kappa shape index (κ2) is 4.59. The lowest BCUT2D eigenvalue weighted by molar-refractivity contribution is 0.113. The maximum Gasteiger partial charge on any atom is 0.0361 e. The zero-order valence-corrected chi connectivity index (χ0v) is 13.7. The number of hydrogen-bond acceptors (Lipinski definition) is 1. The first-order chi connectivity index (χ1) is 9.28. The normalized spacial score (nSPS) is 26.9. The molecular formula is C19H29N. The third-order valence-electron chi connectivity index (χ3n) is 4.95. The second-order valence-corrected chi connectivity index (χ2v) is 8.59. The summed E-state index contributed by atoms with van der Waals surface area (Å²) < 4.78 is 0. The molecule has 1 aliphatic carbocycles. The SMILES string of the molecule is CC1(C)CC(c2ccccc2C2CC2)N(C(C)(C)C)C1. The van der Waals surface area contributed by atoms with Gasteiger partial charge in [0.2, 0.25) is 0 Å². The van der Waals surface area contributed by atoms with Gasteiger partial charge in [0.1, 0.15) is 0 Å². The first-order valence-electron chi connectivity index (χ1n) is 8.13. The van der Waals surface area contributed by atoms with Crippen molar-refractivity contribution >= 4 is 0 Å². The Bertz CT molecular complexity index is 491. The fourth-order valence-electron chi connectivity index (χ4n) is 3.83. The van der Waals surface area contributed by atoms with Crippen LogP contribution in [0.4, 0.5) is 0 Å². The van der Waals surface area contributed by atoms with E-state index in [9.17, 15) is 0 Å². The minimum atomic E-state index is 0.245. The first-order valence-corrected chi connectivity index (χ1v) is 8.13. The molecule has 1 nitrogen and oxygen atoms in total. The van der Waals surface area contributed by atoms with E-state index in [-0.39, 0.29) is 5.54 Å². The van der Waals surface area contributed by atoms with Crippen LogP contribution in [0.5, 0.6) is 0 Å². The molecule has 20 heavy (non-hydrogen) atoms. The lowest BCUT2D eigenvalue weighted by Crippen LogP contribution is -2.42. The molecule has 1 saturated heterocycles. The highest BCUT2D eigenvalue weighted by Crippen LogP contribution is 2.50. The highest BCUT2D eigenvalue weighted by Gasteiger charge is 2.44. The average Bonchev–Trinajstić information content (AvgIpc) is 3.12.